The number of nitrogens with zero attached hydrogens (tertiary/aromatic N) is 2. The standard InChI is InChI=1S/C23H21N3.ClH/c1-16-12-21-22(13-17(16)2)24-15-25-23(21)26-20-10-8-19(9-11-20)14-18-6-4-3-5-7-18;/h3-13,15H,14H2,1-2H3,(H,24,25,26);1H. The number of nitrogens with one attached hydrogen (secondary N) is 1. The summed E-state index contributed by atoms with van der Waals surface area (Å²) in [6, 6.07) is 23.3. The van der Waals surface area contributed by atoms with Crippen molar-refractivity contribution in [3.05, 3.63) is 95.3 Å². The fourth-order valence-corrected chi connectivity index (χ4v) is 3.09. The first-order valence-electron chi connectivity index (χ1n) is 8.81. The van der Waals surface area contributed by atoms with Gasteiger partial charge in [0, 0.05) is 11.1 Å². The van der Waals surface area contributed by atoms with Gasteiger partial charge in [-0.15, -0.1) is 12.4 Å². The van der Waals surface area contributed by atoms with Gasteiger partial charge in [-0.3, -0.25) is 0 Å². The average molecular weight is 376 g/mol. The second-order valence-electron chi connectivity index (χ2n) is 6.66. The summed E-state index contributed by atoms with van der Waals surface area (Å²) < 4.78 is 0. The average Bonchev–Trinajstić information content (AvgIpc) is 2.66. The van der Waals surface area contributed by atoms with E-state index < -0.39 is 0 Å². The summed E-state index contributed by atoms with van der Waals surface area (Å²) >= 11 is 0. The third kappa shape index (κ3) is 4.26. The van der Waals surface area contributed by atoms with Crippen LogP contribution in [0.4, 0.5) is 11.5 Å². The van der Waals surface area contributed by atoms with E-state index in [1.54, 1.807) is 6.33 Å². The molecular weight excluding hydrogens is 354 g/mol. The molecule has 0 bridgehead atoms. The van der Waals surface area contributed by atoms with E-state index in [9.17, 15) is 0 Å². The minimum absolute atomic E-state index is 0. The highest BCUT2D eigenvalue weighted by molar-refractivity contribution is 5.91. The van der Waals surface area contributed by atoms with Crippen LogP contribution in [0.25, 0.3) is 10.9 Å². The smallest absolute Gasteiger partial charge is 0.141 e. The van der Waals surface area contributed by atoms with Gasteiger partial charge in [0.15, 0.2) is 0 Å². The van der Waals surface area contributed by atoms with Gasteiger partial charge < -0.3 is 5.32 Å². The topological polar surface area (TPSA) is 37.8 Å². The Morgan fingerprint density at radius 2 is 1.44 bits per heavy atom. The molecule has 27 heavy (non-hydrogen) atoms. The van der Waals surface area contributed by atoms with E-state index in [4.69, 9.17) is 0 Å². The number of aromatic nitrogens is 2. The second-order valence-corrected chi connectivity index (χ2v) is 6.66. The van der Waals surface area contributed by atoms with Gasteiger partial charge in [-0.1, -0.05) is 42.5 Å². The molecule has 0 aliphatic heterocycles. The molecule has 4 aromatic rings. The number of anilines is 2. The summed E-state index contributed by atoms with van der Waals surface area (Å²) in [5, 5.41) is 4.48. The summed E-state index contributed by atoms with van der Waals surface area (Å²) in [7, 11) is 0. The highest BCUT2D eigenvalue weighted by atomic mass is 35.5. The maximum Gasteiger partial charge on any atom is 0.141 e. The maximum atomic E-state index is 4.44. The fourth-order valence-electron chi connectivity index (χ4n) is 3.09. The van der Waals surface area contributed by atoms with Crippen LogP contribution < -0.4 is 5.32 Å². The zero-order chi connectivity index (χ0) is 17.9. The Kier molecular flexibility index (Phi) is 5.72. The van der Waals surface area contributed by atoms with Crippen LogP contribution in [0, 0.1) is 13.8 Å². The molecule has 0 aliphatic rings. The zero-order valence-electron chi connectivity index (χ0n) is 15.4. The lowest BCUT2D eigenvalue weighted by Crippen LogP contribution is -1.97. The van der Waals surface area contributed by atoms with E-state index in [1.165, 1.54) is 22.3 Å². The third-order valence-electron chi connectivity index (χ3n) is 4.72. The Balaban J connectivity index is 0.00000210. The van der Waals surface area contributed by atoms with E-state index >= 15 is 0 Å². The predicted molar refractivity (Wildman–Crippen MR) is 115 cm³/mol. The van der Waals surface area contributed by atoms with Gasteiger partial charge in [-0.25, -0.2) is 9.97 Å². The van der Waals surface area contributed by atoms with Crippen LogP contribution in [0.1, 0.15) is 22.3 Å². The lowest BCUT2D eigenvalue weighted by molar-refractivity contribution is 1.19. The van der Waals surface area contributed by atoms with Crippen LogP contribution in [-0.4, -0.2) is 9.97 Å². The number of aryl methyl sites for hydroxylation is 2. The molecule has 1 aromatic heterocycles. The molecule has 0 atom stereocenters. The molecule has 4 heteroatoms. The van der Waals surface area contributed by atoms with Crippen LogP contribution in [0.5, 0.6) is 0 Å². The highest BCUT2D eigenvalue weighted by Crippen LogP contribution is 2.26. The molecule has 0 amide bonds. The van der Waals surface area contributed by atoms with E-state index in [0.29, 0.717) is 0 Å². The van der Waals surface area contributed by atoms with E-state index in [2.05, 4.69) is 89.8 Å². The molecule has 0 unspecified atom stereocenters. The van der Waals surface area contributed by atoms with Gasteiger partial charge in [0.05, 0.1) is 5.52 Å². The van der Waals surface area contributed by atoms with Crippen LogP contribution in [0.3, 0.4) is 0 Å². The molecule has 3 nitrogen and oxygen atoms in total. The zero-order valence-corrected chi connectivity index (χ0v) is 16.3. The molecular formula is C23H22ClN3. The van der Waals surface area contributed by atoms with Crippen molar-refractivity contribution in [2.45, 2.75) is 20.3 Å². The number of fused-ring (bicyclic) bond motifs is 1. The SMILES string of the molecule is Cc1cc2ncnc(Nc3ccc(Cc4ccccc4)cc3)c2cc1C.Cl. The number of hydrogen-bond acceptors (Lipinski definition) is 3. The molecule has 0 aliphatic carbocycles. The van der Waals surface area contributed by atoms with Gasteiger partial charge in [-0.2, -0.15) is 0 Å². The highest BCUT2D eigenvalue weighted by Gasteiger charge is 2.06. The van der Waals surface area contributed by atoms with Crippen molar-refractivity contribution in [1.29, 1.82) is 0 Å². The van der Waals surface area contributed by atoms with Gasteiger partial charge in [0.25, 0.3) is 0 Å². The molecule has 0 fully saturated rings. The van der Waals surface area contributed by atoms with E-state index in [1.807, 2.05) is 6.07 Å². The molecule has 0 saturated carbocycles. The van der Waals surface area contributed by atoms with Gasteiger partial charge in [0.2, 0.25) is 0 Å². The lowest BCUT2D eigenvalue weighted by atomic mass is 10.0. The summed E-state index contributed by atoms with van der Waals surface area (Å²) in [6.45, 7) is 4.22. The summed E-state index contributed by atoms with van der Waals surface area (Å²) in [6.07, 6.45) is 2.55. The maximum absolute atomic E-state index is 4.44. The second kappa shape index (κ2) is 8.19. The number of benzene rings is 3. The minimum atomic E-state index is 0. The molecule has 0 spiro atoms. The van der Waals surface area contributed by atoms with Crippen molar-refractivity contribution in [2.75, 3.05) is 5.32 Å². The van der Waals surface area contributed by atoms with Crippen molar-refractivity contribution < 1.29 is 0 Å². The Labute approximate surface area is 165 Å². The molecule has 1 N–H and O–H groups in total. The van der Waals surface area contributed by atoms with Gasteiger partial charge in [0.1, 0.15) is 12.1 Å². The van der Waals surface area contributed by atoms with Gasteiger partial charge in [-0.05, 0) is 66.8 Å². The van der Waals surface area contributed by atoms with E-state index in [0.717, 1.165) is 28.8 Å². The van der Waals surface area contributed by atoms with Crippen molar-refractivity contribution in [2.24, 2.45) is 0 Å². The first kappa shape index (κ1) is 18.9. The Morgan fingerprint density at radius 3 is 2.19 bits per heavy atom. The summed E-state index contributed by atoms with van der Waals surface area (Å²) in [4.78, 5) is 8.84. The Hall–Kier alpha value is -2.91. The quantitative estimate of drug-likeness (QED) is 0.475. The Morgan fingerprint density at radius 1 is 0.778 bits per heavy atom. The first-order valence-corrected chi connectivity index (χ1v) is 8.81. The van der Waals surface area contributed by atoms with Crippen molar-refractivity contribution in [3.63, 3.8) is 0 Å². The van der Waals surface area contributed by atoms with E-state index in [-0.39, 0.29) is 12.4 Å². The van der Waals surface area contributed by atoms with Crippen LogP contribution in [0.2, 0.25) is 0 Å². The first-order chi connectivity index (χ1) is 12.7. The van der Waals surface area contributed by atoms with Crippen LogP contribution >= 0.6 is 12.4 Å². The normalized spacial score (nSPS) is 10.4. The molecule has 136 valence electrons. The molecule has 0 saturated heterocycles. The van der Waals surface area contributed by atoms with Crippen molar-refractivity contribution in [1.82, 2.24) is 9.97 Å². The minimum Gasteiger partial charge on any atom is -0.340 e. The molecule has 1 heterocycles. The number of rotatable bonds is 4. The molecule has 0 radical (unpaired) electrons. The van der Waals surface area contributed by atoms with Crippen molar-refractivity contribution >= 4 is 34.8 Å². The summed E-state index contributed by atoms with van der Waals surface area (Å²) in [5.41, 5.74) is 7.09. The van der Waals surface area contributed by atoms with Crippen LogP contribution in [-0.2, 0) is 6.42 Å². The predicted octanol–water partition coefficient (Wildman–Crippen LogP) is 6.00. The number of hydrogen-bond donors (Lipinski definition) is 1. The number of halogens is 1. The monoisotopic (exact) mass is 375 g/mol. The largest absolute Gasteiger partial charge is 0.340 e. The molecule has 4 rings (SSSR count). The molecule has 3 aromatic carbocycles. The van der Waals surface area contributed by atoms with Crippen LogP contribution in [0.15, 0.2) is 73.1 Å². The Bertz CT molecular complexity index is 1040. The fraction of sp³-hybridized carbons (Fsp3) is 0.130. The van der Waals surface area contributed by atoms with Crippen molar-refractivity contribution in [3.8, 4) is 0 Å². The third-order valence-corrected chi connectivity index (χ3v) is 4.72. The lowest BCUT2D eigenvalue weighted by Gasteiger charge is -2.11. The summed E-state index contributed by atoms with van der Waals surface area (Å²) in [5.74, 6) is 0.842. The van der Waals surface area contributed by atoms with Gasteiger partial charge >= 0.3 is 0 Å².